The molecule has 0 bridgehead atoms. The van der Waals surface area contributed by atoms with E-state index in [0.717, 1.165) is 5.56 Å². The lowest BCUT2D eigenvalue weighted by Gasteiger charge is -2.11. The molecule has 0 aliphatic heterocycles. The van der Waals surface area contributed by atoms with Gasteiger partial charge in [0.1, 0.15) is 0 Å². The van der Waals surface area contributed by atoms with Crippen LogP contribution in [0.4, 0.5) is 4.79 Å². The van der Waals surface area contributed by atoms with Gasteiger partial charge < -0.3 is 10.1 Å². The van der Waals surface area contributed by atoms with Crippen LogP contribution in [-0.2, 0) is 0 Å². The molecular weight excluding hydrogens is 214 g/mol. The Hall–Kier alpha value is -1.22. The van der Waals surface area contributed by atoms with Gasteiger partial charge in [-0.2, -0.15) is 0 Å². The fourth-order valence-corrected chi connectivity index (χ4v) is 1.36. The minimum atomic E-state index is -0.485. The second kappa shape index (κ2) is 5.03. The summed E-state index contributed by atoms with van der Waals surface area (Å²) in [7, 11) is 0. The molecule has 1 amide bonds. The fourth-order valence-electron chi connectivity index (χ4n) is 1.10. The van der Waals surface area contributed by atoms with E-state index in [1.165, 1.54) is 0 Å². The average molecular weight is 228 g/mol. The molecule has 1 aromatic rings. The third-order valence-electron chi connectivity index (χ3n) is 1.77. The van der Waals surface area contributed by atoms with Crippen LogP contribution in [0.25, 0.3) is 0 Å². The zero-order valence-electron chi connectivity index (χ0n) is 9.00. The highest BCUT2D eigenvalue weighted by Gasteiger charge is 2.10. The molecule has 0 heterocycles. The van der Waals surface area contributed by atoms with Gasteiger partial charge in [0.25, 0.3) is 0 Å². The summed E-state index contributed by atoms with van der Waals surface area (Å²) in [5.41, 5.74) is 0.835. The molecular formula is C11H14ClNO2. The molecule has 1 rings (SSSR count). The van der Waals surface area contributed by atoms with Crippen LogP contribution in [0.3, 0.4) is 0 Å². The molecule has 82 valence electrons. The topological polar surface area (TPSA) is 38.3 Å². The van der Waals surface area contributed by atoms with E-state index >= 15 is 0 Å². The zero-order chi connectivity index (χ0) is 11.4. The van der Waals surface area contributed by atoms with Gasteiger partial charge in [-0.1, -0.05) is 23.7 Å². The van der Waals surface area contributed by atoms with E-state index in [0.29, 0.717) is 10.8 Å². The molecule has 0 unspecified atom stereocenters. The van der Waals surface area contributed by atoms with Crippen molar-refractivity contribution in [3.8, 4) is 5.75 Å². The Kier molecular flexibility index (Phi) is 3.97. The van der Waals surface area contributed by atoms with Crippen molar-refractivity contribution < 1.29 is 9.53 Å². The molecule has 0 saturated heterocycles. The number of hydrogen-bond acceptors (Lipinski definition) is 2. The van der Waals surface area contributed by atoms with E-state index in [4.69, 9.17) is 16.3 Å². The van der Waals surface area contributed by atoms with Gasteiger partial charge in [-0.25, -0.2) is 4.79 Å². The van der Waals surface area contributed by atoms with Gasteiger partial charge in [-0.05, 0) is 32.4 Å². The number of para-hydroxylation sites is 1. The molecule has 15 heavy (non-hydrogen) atoms. The number of benzene rings is 1. The maximum Gasteiger partial charge on any atom is 0.412 e. The zero-order valence-corrected chi connectivity index (χ0v) is 9.76. The molecule has 0 aromatic heterocycles. The van der Waals surface area contributed by atoms with Gasteiger partial charge >= 0.3 is 6.09 Å². The van der Waals surface area contributed by atoms with Crippen molar-refractivity contribution in [3.05, 3.63) is 28.8 Å². The van der Waals surface area contributed by atoms with Gasteiger partial charge in [0.15, 0.2) is 5.75 Å². The SMILES string of the molecule is Cc1cccc(Cl)c1OC(=O)NC(C)C. The quantitative estimate of drug-likeness (QED) is 0.843. The average Bonchev–Trinajstić information content (AvgIpc) is 2.10. The molecule has 0 radical (unpaired) electrons. The summed E-state index contributed by atoms with van der Waals surface area (Å²) in [5.74, 6) is 0.414. The maximum atomic E-state index is 11.3. The summed E-state index contributed by atoms with van der Waals surface area (Å²) in [6.45, 7) is 5.56. The van der Waals surface area contributed by atoms with Gasteiger partial charge in [0.2, 0.25) is 0 Å². The molecule has 0 aliphatic rings. The Morgan fingerprint density at radius 2 is 2.13 bits per heavy atom. The van der Waals surface area contributed by atoms with Crippen molar-refractivity contribution in [2.75, 3.05) is 0 Å². The normalized spacial score (nSPS) is 10.2. The Labute approximate surface area is 94.4 Å². The Morgan fingerprint density at radius 1 is 1.47 bits per heavy atom. The molecule has 0 fully saturated rings. The van der Waals surface area contributed by atoms with E-state index in [2.05, 4.69) is 5.32 Å². The summed E-state index contributed by atoms with van der Waals surface area (Å²) in [4.78, 5) is 11.3. The standard InChI is InChI=1S/C11H14ClNO2/c1-7(2)13-11(14)15-10-8(3)5-4-6-9(10)12/h4-7H,1-3H3,(H,13,14). The van der Waals surface area contributed by atoms with Crippen molar-refractivity contribution in [3.63, 3.8) is 0 Å². The second-order valence-electron chi connectivity index (χ2n) is 3.57. The first kappa shape index (κ1) is 11.9. The third-order valence-corrected chi connectivity index (χ3v) is 2.06. The van der Waals surface area contributed by atoms with Crippen LogP contribution in [0.15, 0.2) is 18.2 Å². The first-order valence-electron chi connectivity index (χ1n) is 4.74. The lowest BCUT2D eigenvalue weighted by Crippen LogP contribution is -2.32. The number of halogens is 1. The first-order chi connectivity index (χ1) is 7.00. The predicted molar refractivity (Wildman–Crippen MR) is 60.5 cm³/mol. The summed E-state index contributed by atoms with van der Waals surface area (Å²) in [6, 6.07) is 5.38. The number of aryl methyl sites for hydroxylation is 1. The number of carbonyl (C=O) groups excluding carboxylic acids is 1. The highest BCUT2D eigenvalue weighted by molar-refractivity contribution is 6.32. The largest absolute Gasteiger partial charge is 0.412 e. The first-order valence-corrected chi connectivity index (χ1v) is 5.12. The van der Waals surface area contributed by atoms with Gasteiger partial charge in [-0.3, -0.25) is 0 Å². The Balaban J connectivity index is 2.76. The third kappa shape index (κ3) is 3.44. The van der Waals surface area contributed by atoms with Crippen molar-refractivity contribution in [1.29, 1.82) is 0 Å². The van der Waals surface area contributed by atoms with Crippen LogP contribution in [0.2, 0.25) is 5.02 Å². The summed E-state index contributed by atoms with van der Waals surface area (Å²) in [6.07, 6.45) is -0.485. The Morgan fingerprint density at radius 3 is 2.67 bits per heavy atom. The van der Waals surface area contributed by atoms with E-state index in [-0.39, 0.29) is 6.04 Å². The summed E-state index contributed by atoms with van der Waals surface area (Å²) in [5, 5.41) is 3.06. The van der Waals surface area contributed by atoms with E-state index in [1.807, 2.05) is 32.9 Å². The molecule has 1 N–H and O–H groups in total. The van der Waals surface area contributed by atoms with Gasteiger partial charge in [-0.15, -0.1) is 0 Å². The number of ether oxygens (including phenoxy) is 1. The smallest absolute Gasteiger partial charge is 0.408 e. The van der Waals surface area contributed by atoms with Crippen LogP contribution in [0.1, 0.15) is 19.4 Å². The molecule has 0 spiro atoms. The molecule has 0 saturated carbocycles. The second-order valence-corrected chi connectivity index (χ2v) is 3.98. The number of amides is 1. The predicted octanol–water partition coefficient (Wildman–Crippen LogP) is 3.15. The number of hydrogen-bond donors (Lipinski definition) is 1. The van der Waals surface area contributed by atoms with Crippen molar-refractivity contribution in [2.45, 2.75) is 26.8 Å². The van der Waals surface area contributed by atoms with Crippen molar-refractivity contribution in [2.24, 2.45) is 0 Å². The Bertz CT molecular complexity index is 343. The number of rotatable bonds is 2. The van der Waals surface area contributed by atoms with Crippen LogP contribution in [0, 0.1) is 6.92 Å². The highest BCUT2D eigenvalue weighted by Crippen LogP contribution is 2.27. The molecule has 3 nitrogen and oxygen atoms in total. The van der Waals surface area contributed by atoms with Crippen LogP contribution in [0.5, 0.6) is 5.75 Å². The van der Waals surface area contributed by atoms with Crippen molar-refractivity contribution in [1.82, 2.24) is 5.32 Å². The molecule has 0 aliphatic carbocycles. The highest BCUT2D eigenvalue weighted by atomic mass is 35.5. The number of carbonyl (C=O) groups is 1. The summed E-state index contributed by atoms with van der Waals surface area (Å²) < 4.78 is 5.10. The monoisotopic (exact) mass is 227 g/mol. The van der Waals surface area contributed by atoms with Crippen LogP contribution >= 0.6 is 11.6 Å². The lowest BCUT2D eigenvalue weighted by molar-refractivity contribution is 0.197. The molecule has 0 atom stereocenters. The van der Waals surface area contributed by atoms with E-state index in [1.54, 1.807) is 6.07 Å². The fraction of sp³-hybridized carbons (Fsp3) is 0.364. The minimum Gasteiger partial charge on any atom is -0.408 e. The van der Waals surface area contributed by atoms with E-state index < -0.39 is 6.09 Å². The van der Waals surface area contributed by atoms with E-state index in [9.17, 15) is 4.79 Å². The summed E-state index contributed by atoms with van der Waals surface area (Å²) >= 11 is 5.91. The molecule has 4 heteroatoms. The maximum absolute atomic E-state index is 11.3. The van der Waals surface area contributed by atoms with Gasteiger partial charge in [0, 0.05) is 6.04 Å². The lowest BCUT2D eigenvalue weighted by atomic mass is 10.2. The number of nitrogens with one attached hydrogen (secondary N) is 1. The van der Waals surface area contributed by atoms with Crippen molar-refractivity contribution >= 4 is 17.7 Å². The van der Waals surface area contributed by atoms with Crippen LogP contribution < -0.4 is 10.1 Å². The minimum absolute atomic E-state index is 0.0419. The molecule has 1 aromatic carbocycles. The van der Waals surface area contributed by atoms with Gasteiger partial charge in [0.05, 0.1) is 5.02 Å². The van der Waals surface area contributed by atoms with Crippen LogP contribution in [-0.4, -0.2) is 12.1 Å².